The van der Waals surface area contributed by atoms with Crippen LogP contribution in [-0.4, -0.2) is 87.7 Å². The number of hydrogen-bond acceptors (Lipinski definition) is 7. The van der Waals surface area contributed by atoms with Crippen LogP contribution in [0, 0.1) is 0 Å². The highest BCUT2D eigenvalue weighted by Gasteiger charge is 2.39. The summed E-state index contributed by atoms with van der Waals surface area (Å²) in [6, 6.07) is 9.14. The highest BCUT2D eigenvalue weighted by Crippen LogP contribution is 2.26. The Bertz CT molecular complexity index is 968. The van der Waals surface area contributed by atoms with E-state index in [0.717, 1.165) is 45.8 Å². The van der Waals surface area contributed by atoms with Gasteiger partial charge < -0.3 is 14.9 Å². The molecule has 0 bridgehead atoms. The van der Waals surface area contributed by atoms with Crippen molar-refractivity contribution in [1.82, 2.24) is 14.8 Å². The van der Waals surface area contributed by atoms with E-state index in [0.29, 0.717) is 12.1 Å². The number of halogens is 6. The van der Waals surface area contributed by atoms with Gasteiger partial charge in [-0.3, -0.25) is 14.8 Å². The average molecular weight is 572 g/mol. The standard InChI is InChI=1S/C19H25N3OS.2C2HF3O2/c1-3-16(13-20-7-1)14-22-10-11-23-19-6-9-21(8-5-18(19)22)15-17-4-2-12-24-17;2*3-2(4,5)1(6)7/h1-4,7,12-13,18-19H,5-6,8-11,14-15H2;2*(H,6,7). The Morgan fingerprint density at radius 3 is 2.13 bits per heavy atom. The van der Waals surface area contributed by atoms with Crippen molar-refractivity contribution in [1.29, 1.82) is 0 Å². The number of alkyl halides is 6. The first-order chi connectivity index (χ1) is 17.8. The molecule has 0 spiro atoms. The molecule has 15 heteroatoms. The number of aromatic nitrogens is 1. The predicted molar refractivity (Wildman–Crippen MR) is 124 cm³/mol. The van der Waals surface area contributed by atoms with Crippen LogP contribution in [0.2, 0.25) is 0 Å². The second-order valence-corrected chi connectivity index (χ2v) is 9.38. The van der Waals surface area contributed by atoms with Gasteiger partial charge in [0.15, 0.2) is 0 Å². The van der Waals surface area contributed by atoms with Crippen molar-refractivity contribution < 1.29 is 50.9 Å². The Hall–Kier alpha value is -2.75. The summed E-state index contributed by atoms with van der Waals surface area (Å²) in [5.41, 5.74) is 1.30. The summed E-state index contributed by atoms with van der Waals surface area (Å²) in [6.07, 6.45) is -3.62. The molecule has 212 valence electrons. The van der Waals surface area contributed by atoms with Crippen molar-refractivity contribution >= 4 is 23.3 Å². The zero-order valence-corrected chi connectivity index (χ0v) is 20.8. The van der Waals surface area contributed by atoms with Crippen LogP contribution in [0.1, 0.15) is 23.3 Å². The van der Waals surface area contributed by atoms with Crippen molar-refractivity contribution in [2.24, 2.45) is 0 Å². The van der Waals surface area contributed by atoms with Crippen molar-refractivity contribution in [2.75, 3.05) is 26.2 Å². The van der Waals surface area contributed by atoms with E-state index in [9.17, 15) is 26.3 Å². The normalized spacial score (nSPS) is 20.6. The second-order valence-electron chi connectivity index (χ2n) is 8.35. The monoisotopic (exact) mass is 571 g/mol. The molecule has 2 saturated heterocycles. The number of likely N-dealkylation sites (tertiary alicyclic amines) is 1. The molecule has 4 heterocycles. The van der Waals surface area contributed by atoms with Gasteiger partial charge in [0.2, 0.25) is 0 Å². The summed E-state index contributed by atoms with van der Waals surface area (Å²) < 4.78 is 69.6. The smallest absolute Gasteiger partial charge is 0.475 e. The zero-order chi connectivity index (χ0) is 28.3. The van der Waals surface area contributed by atoms with Crippen molar-refractivity contribution in [3.8, 4) is 0 Å². The summed E-state index contributed by atoms with van der Waals surface area (Å²) in [5.74, 6) is -5.51. The molecule has 2 unspecified atom stereocenters. The Morgan fingerprint density at radius 1 is 0.974 bits per heavy atom. The van der Waals surface area contributed by atoms with Crippen LogP contribution in [0.5, 0.6) is 0 Å². The number of thiophene rings is 1. The molecule has 2 aromatic rings. The van der Waals surface area contributed by atoms with Gasteiger partial charge in [-0.05, 0) is 35.9 Å². The van der Waals surface area contributed by atoms with Crippen LogP contribution in [0.3, 0.4) is 0 Å². The summed E-state index contributed by atoms with van der Waals surface area (Å²) in [7, 11) is 0. The van der Waals surface area contributed by atoms with Crippen LogP contribution < -0.4 is 0 Å². The number of pyridine rings is 1. The quantitative estimate of drug-likeness (QED) is 0.525. The number of carboxylic acid groups (broad SMARTS) is 2. The number of aliphatic carboxylic acids is 2. The molecule has 0 saturated carbocycles. The third-order valence-electron chi connectivity index (χ3n) is 5.63. The van der Waals surface area contributed by atoms with Crippen LogP contribution in [0.15, 0.2) is 42.0 Å². The van der Waals surface area contributed by atoms with E-state index < -0.39 is 24.3 Å². The molecule has 8 nitrogen and oxygen atoms in total. The van der Waals surface area contributed by atoms with Crippen LogP contribution in [0.4, 0.5) is 26.3 Å². The van der Waals surface area contributed by atoms with Crippen molar-refractivity contribution in [2.45, 2.75) is 50.4 Å². The van der Waals surface area contributed by atoms with E-state index in [4.69, 9.17) is 24.5 Å². The highest BCUT2D eigenvalue weighted by atomic mass is 32.1. The van der Waals surface area contributed by atoms with Crippen molar-refractivity contribution in [3.63, 3.8) is 0 Å². The molecule has 2 atom stereocenters. The lowest BCUT2D eigenvalue weighted by molar-refractivity contribution is -0.193. The van der Waals surface area contributed by atoms with Gasteiger partial charge in [-0.15, -0.1) is 11.3 Å². The third-order valence-corrected chi connectivity index (χ3v) is 6.49. The fourth-order valence-corrected chi connectivity index (χ4v) is 4.66. The Kier molecular flexibility index (Phi) is 11.9. The maximum absolute atomic E-state index is 10.6. The maximum atomic E-state index is 10.6. The molecular weight excluding hydrogens is 544 g/mol. The minimum absolute atomic E-state index is 0.378. The number of rotatable bonds is 4. The molecule has 2 aliphatic heterocycles. The maximum Gasteiger partial charge on any atom is 0.490 e. The molecule has 0 amide bonds. The van der Waals surface area contributed by atoms with E-state index in [1.807, 2.05) is 29.8 Å². The zero-order valence-electron chi connectivity index (χ0n) is 20.0. The molecule has 0 aromatic carbocycles. The molecule has 4 rings (SSSR count). The predicted octanol–water partition coefficient (Wildman–Crippen LogP) is 4.28. The number of morpholine rings is 1. The number of hydrogen-bond donors (Lipinski definition) is 2. The molecule has 2 aromatic heterocycles. The molecule has 38 heavy (non-hydrogen) atoms. The SMILES string of the molecule is O=C(O)C(F)(F)F.O=C(O)C(F)(F)F.c1cncc(CN2CCOC3CCN(Cc4cccs4)CCC32)c1. The minimum atomic E-state index is -5.08. The number of nitrogens with zero attached hydrogens (tertiary/aromatic N) is 3. The average Bonchev–Trinajstić information content (AvgIpc) is 3.26. The Balaban J connectivity index is 0.000000301. The number of ether oxygens (including phenoxy) is 1. The van der Waals surface area contributed by atoms with E-state index in [1.54, 1.807) is 0 Å². The van der Waals surface area contributed by atoms with Crippen molar-refractivity contribution in [3.05, 3.63) is 52.5 Å². The molecule has 2 fully saturated rings. The molecule has 2 N–H and O–H groups in total. The summed E-state index contributed by atoms with van der Waals surface area (Å²) >= 11 is 1.86. The van der Waals surface area contributed by atoms with Gasteiger partial charge in [0, 0.05) is 56.0 Å². The lowest BCUT2D eigenvalue weighted by Crippen LogP contribution is -2.50. The lowest BCUT2D eigenvalue weighted by atomic mass is 10.0. The second kappa shape index (κ2) is 14.4. The fraction of sp³-hybridized carbons (Fsp3) is 0.522. The fourth-order valence-electron chi connectivity index (χ4n) is 3.92. The van der Waals surface area contributed by atoms with E-state index in [2.05, 4.69) is 38.4 Å². The Morgan fingerprint density at radius 2 is 1.61 bits per heavy atom. The first-order valence-corrected chi connectivity index (χ1v) is 12.2. The largest absolute Gasteiger partial charge is 0.490 e. The Labute approximate surface area is 218 Å². The van der Waals surface area contributed by atoms with Gasteiger partial charge in [0.1, 0.15) is 0 Å². The summed E-state index contributed by atoms with van der Waals surface area (Å²) in [4.78, 5) is 28.7. The lowest BCUT2D eigenvalue weighted by Gasteiger charge is -2.40. The number of carboxylic acids is 2. The minimum Gasteiger partial charge on any atom is -0.475 e. The number of fused-ring (bicyclic) bond motifs is 1. The van der Waals surface area contributed by atoms with Crippen LogP contribution in [-0.2, 0) is 27.4 Å². The van der Waals surface area contributed by atoms with Gasteiger partial charge in [-0.2, -0.15) is 26.3 Å². The summed E-state index contributed by atoms with van der Waals surface area (Å²) in [6.45, 7) is 6.25. The van der Waals surface area contributed by atoms with Gasteiger partial charge in [0.05, 0.1) is 12.7 Å². The molecular formula is C23H27F6N3O5S. The van der Waals surface area contributed by atoms with Gasteiger partial charge in [-0.1, -0.05) is 12.1 Å². The molecule has 2 aliphatic rings. The topological polar surface area (TPSA) is 103 Å². The molecule has 0 aliphatic carbocycles. The van der Waals surface area contributed by atoms with Gasteiger partial charge >= 0.3 is 24.3 Å². The van der Waals surface area contributed by atoms with E-state index >= 15 is 0 Å². The van der Waals surface area contributed by atoms with E-state index in [-0.39, 0.29) is 0 Å². The van der Waals surface area contributed by atoms with E-state index in [1.165, 1.54) is 16.9 Å². The molecule has 0 radical (unpaired) electrons. The highest BCUT2D eigenvalue weighted by molar-refractivity contribution is 7.09. The summed E-state index contributed by atoms with van der Waals surface area (Å²) in [5, 5.41) is 16.4. The first-order valence-electron chi connectivity index (χ1n) is 11.4. The third kappa shape index (κ3) is 10.9. The number of carbonyl (C=O) groups is 2. The van der Waals surface area contributed by atoms with Gasteiger partial charge in [-0.25, -0.2) is 9.59 Å². The van der Waals surface area contributed by atoms with Gasteiger partial charge in [0.25, 0.3) is 0 Å². The first kappa shape index (κ1) is 31.5. The van der Waals surface area contributed by atoms with Crippen LogP contribution in [0.25, 0.3) is 0 Å². The van der Waals surface area contributed by atoms with Crippen LogP contribution >= 0.6 is 11.3 Å².